The highest BCUT2D eigenvalue weighted by Crippen LogP contribution is 2.30. The first-order valence-corrected chi connectivity index (χ1v) is 6.22. The largest absolute Gasteiger partial charge is 0.497 e. The summed E-state index contributed by atoms with van der Waals surface area (Å²) in [6, 6.07) is 8.13. The summed E-state index contributed by atoms with van der Waals surface area (Å²) >= 11 is 0. The van der Waals surface area contributed by atoms with Gasteiger partial charge in [-0.3, -0.25) is 0 Å². The zero-order valence-corrected chi connectivity index (χ0v) is 10.4. The lowest BCUT2D eigenvalue weighted by Gasteiger charge is -2.36. The fourth-order valence-electron chi connectivity index (χ4n) is 2.59. The van der Waals surface area contributed by atoms with E-state index in [1.165, 1.54) is 5.56 Å². The highest BCUT2D eigenvalue weighted by Gasteiger charge is 2.31. The van der Waals surface area contributed by atoms with E-state index >= 15 is 0 Å². The van der Waals surface area contributed by atoms with Crippen molar-refractivity contribution in [1.82, 2.24) is 5.32 Å². The topological polar surface area (TPSA) is 41.5 Å². The molecule has 1 fully saturated rings. The third-order valence-electron chi connectivity index (χ3n) is 3.61. The van der Waals surface area contributed by atoms with E-state index in [0.29, 0.717) is 0 Å². The van der Waals surface area contributed by atoms with E-state index < -0.39 is 0 Å². The lowest BCUT2D eigenvalue weighted by Crippen LogP contribution is -2.44. The predicted octanol–water partition coefficient (Wildman–Crippen LogP) is 1.60. The van der Waals surface area contributed by atoms with Gasteiger partial charge in [0.05, 0.1) is 13.7 Å². The first-order chi connectivity index (χ1) is 8.28. The predicted molar refractivity (Wildman–Crippen MR) is 68.3 cm³/mol. The summed E-state index contributed by atoms with van der Waals surface area (Å²) in [5.74, 6) is 0.888. The summed E-state index contributed by atoms with van der Waals surface area (Å²) in [6.07, 6.45) is 3.14. The van der Waals surface area contributed by atoms with Crippen molar-refractivity contribution < 1.29 is 9.84 Å². The molecular weight excluding hydrogens is 214 g/mol. The number of aliphatic hydroxyl groups is 1. The molecule has 94 valence electrons. The second kappa shape index (κ2) is 5.52. The quantitative estimate of drug-likeness (QED) is 0.833. The number of ether oxygens (including phenoxy) is 1. The molecule has 0 saturated carbocycles. The number of hydrogen-bond donors (Lipinski definition) is 2. The van der Waals surface area contributed by atoms with E-state index in [-0.39, 0.29) is 12.0 Å². The Bertz CT molecular complexity index is 359. The van der Waals surface area contributed by atoms with Crippen LogP contribution in [0.1, 0.15) is 18.4 Å². The molecule has 3 nitrogen and oxygen atoms in total. The van der Waals surface area contributed by atoms with Crippen molar-refractivity contribution in [2.75, 3.05) is 26.8 Å². The molecule has 3 heteroatoms. The summed E-state index contributed by atoms with van der Waals surface area (Å²) in [4.78, 5) is 0. The van der Waals surface area contributed by atoms with Crippen LogP contribution >= 0.6 is 0 Å². The highest BCUT2D eigenvalue weighted by atomic mass is 16.5. The number of piperidine rings is 1. The zero-order valence-electron chi connectivity index (χ0n) is 10.4. The van der Waals surface area contributed by atoms with Gasteiger partial charge in [0.2, 0.25) is 0 Å². The van der Waals surface area contributed by atoms with Crippen LogP contribution in [0.2, 0.25) is 0 Å². The Labute approximate surface area is 103 Å². The first kappa shape index (κ1) is 12.4. The SMILES string of the molecule is COc1cccc(C[C@]2(CO)CCCNC2)c1. The zero-order chi connectivity index (χ0) is 12.1. The minimum Gasteiger partial charge on any atom is -0.497 e. The molecule has 1 aliphatic rings. The Balaban J connectivity index is 2.11. The molecule has 0 radical (unpaired) electrons. The maximum atomic E-state index is 9.66. The minimum atomic E-state index is 0.00458. The average Bonchev–Trinajstić information content (AvgIpc) is 2.40. The van der Waals surface area contributed by atoms with Gasteiger partial charge in [-0.05, 0) is 43.5 Å². The molecule has 0 unspecified atom stereocenters. The minimum absolute atomic E-state index is 0.00458. The summed E-state index contributed by atoms with van der Waals surface area (Å²) in [5, 5.41) is 13.0. The van der Waals surface area contributed by atoms with Crippen molar-refractivity contribution >= 4 is 0 Å². The van der Waals surface area contributed by atoms with E-state index in [0.717, 1.165) is 38.1 Å². The molecule has 1 aromatic carbocycles. The standard InChI is InChI=1S/C14H21NO2/c1-17-13-5-2-4-12(8-13)9-14(11-16)6-3-7-15-10-14/h2,4-5,8,15-16H,3,6-7,9-11H2,1H3/t14-/m1/s1. The van der Waals surface area contributed by atoms with Crippen LogP contribution in [-0.2, 0) is 6.42 Å². The molecule has 2 rings (SSSR count). The van der Waals surface area contributed by atoms with Crippen LogP contribution in [0.4, 0.5) is 0 Å². The summed E-state index contributed by atoms with van der Waals surface area (Å²) in [6.45, 7) is 2.22. The fourth-order valence-corrected chi connectivity index (χ4v) is 2.59. The van der Waals surface area contributed by atoms with E-state index in [4.69, 9.17) is 4.74 Å². The van der Waals surface area contributed by atoms with Crippen LogP contribution in [0.15, 0.2) is 24.3 Å². The van der Waals surface area contributed by atoms with Gasteiger partial charge in [-0.2, -0.15) is 0 Å². The van der Waals surface area contributed by atoms with Gasteiger partial charge in [-0.25, -0.2) is 0 Å². The van der Waals surface area contributed by atoms with Crippen molar-refractivity contribution in [3.8, 4) is 5.75 Å². The van der Waals surface area contributed by atoms with Crippen LogP contribution < -0.4 is 10.1 Å². The maximum Gasteiger partial charge on any atom is 0.119 e. The second-order valence-electron chi connectivity index (χ2n) is 4.97. The van der Waals surface area contributed by atoms with Gasteiger partial charge in [-0.15, -0.1) is 0 Å². The summed E-state index contributed by atoms with van der Waals surface area (Å²) in [5.41, 5.74) is 1.24. The van der Waals surface area contributed by atoms with Gasteiger partial charge in [0.25, 0.3) is 0 Å². The molecule has 0 bridgehead atoms. The van der Waals surface area contributed by atoms with Crippen LogP contribution in [0.25, 0.3) is 0 Å². The summed E-state index contributed by atoms with van der Waals surface area (Å²) < 4.78 is 5.23. The number of nitrogens with one attached hydrogen (secondary N) is 1. The second-order valence-corrected chi connectivity index (χ2v) is 4.97. The van der Waals surface area contributed by atoms with Gasteiger partial charge in [0, 0.05) is 12.0 Å². The Kier molecular flexibility index (Phi) is 4.02. The molecule has 1 aliphatic heterocycles. The van der Waals surface area contributed by atoms with E-state index in [9.17, 15) is 5.11 Å². The monoisotopic (exact) mass is 235 g/mol. The van der Waals surface area contributed by atoms with Crippen LogP contribution in [0.5, 0.6) is 5.75 Å². The number of rotatable bonds is 4. The molecule has 17 heavy (non-hydrogen) atoms. The highest BCUT2D eigenvalue weighted by molar-refractivity contribution is 5.29. The molecule has 1 saturated heterocycles. The smallest absolute Gasteiger partial charge is 0.119 e. The first-order valence-electron chi connectivity index (χ1n) is 6.22. The Morgan fingerprint density at radius 1 is 1.47 bits per heavy atom. The van der Waals surface area contributed by atoms with Crippen molar-refractivity contribution in [2.24, 2.45) is 5.41 Å². The van der Waals surface area contributed by atoms with Crippen molar-refractivity contribution in [2.45, 2.75) is 19.3 Å². The average molecular weight is 235 g/mol. The van der Waals surface area contributed by atoms with Crippen LogP contribution in [0, 0.1) is 5.41 Å². The fraction of sp³-hybridized carbons (Fsp3) is 0.571. The molecule has 1 aromatic rings. The Morgan fingerprint density at radius 3 is 3.00 bits per heavy atom. The third kappa shape index (κ3) is 2.99. The molecule has 2 N–H and O–H groups in total. The van der Waals surface area contributed by atoms with Crippen molar-refractivity contribution in [3.05, 3.63) is 29.8 Å². The van der Waals surface area contributed by atoms with Crippen LogP contribution in [-0.4, -0.2) is 31.9 Å². The van der Waals surface area contributed by atoms with Gasteiger partial charge in [0.15, 0.2) is 0 Å². The number of benzene rings is 1. The lowest BCUT2D eigenvalue weighted by atomic mass is 9.76. The summed E-state index contributed by atoms with van der Waals surface area (Å²) in [7, 11) is 1.68. The normalized spacial score (nSPS) is 24.6. The number of hydrogen-bond acceptors (Lipinski definition) is 3. The van der Waals surface area contributed by atoms with Crippen LogP contribution in [0.3, 0.4) is 0 Å². The van der Waals surface area contributed by atoms with Gasteiger partial charge >= 0.3 is 0 Å². The van der Waals surface area contributed by atoms with E-state index in [1.54, 1.807) is 7.11 Å². The molecule has 0 aliphatic carbocycles. The molecular formula is C14H21NO2. The van der Waals surface area contributed by atoms with Crippen molar-refractivity contribution in [3.63, 3.8) is 0 Å². The van der Waals surface area contributed by atoms with Gasteiger partial charge in [0.1, 0.15) is 5.75 Å². The number of methoxy groups -OCH3 is 1. The molecule has 1 heterocycles. The maximum absolute atomic E-state index is 9.66. The molecule has 1 atom stereocenters. The molecule has 0 amide bonds. The van der Waals surface area contributed by atoms with E-state index in [2.05, 4.69) is 17.4 Å². The third-order valence-corrected chi connectivity index (χ3v) is 3.61. The lowest BCUT2D eigenvalue weighted by molar-refractivity contribution is 0.0947. The van der Waals surface area contributed by atoms with Gasteiger partial charge in [-0.1, -0.05) is 12.1 Å². The molecule has 0 spiro atoms. The molecule has 0 aromatic heterocycles. The number of aliphatic hydroxyl groups excluding tert-OH is 1. The van der Waals surface area contributed by atoms with Crippen molar-refractivity contribution in [1.29, 1.82) is 0 Å². The Morgan fingerprint density at radius 2 is 2.35 bits per heavy atom. The van der Waals surface area contributed by atoms with E-state index in [1.807, 2.05) is 12.1 Å². The Hall–Kier alpha value is -1.06. The van der Waals surface area contributed by atoms with Gasteiger partial charge < -0.3 is 15.2 Å².